The van der Waals surface area contributed by atoms with Crippen molar-refractivity contribution in [3.8, 4) is 0 Å². The van der Waals surface area contributed by atoms with E-state index in [1.807, 2.05) is 0 Å². The molecule has 9 nitrogen and oxygen atoms in total. The summed E-state index contributed by atoms with van der Waals surface area (Å²) in [6, 6.07) is -3.04. The number of hydrogen-bond donors (Lipinski definition) is 5. The molecule has 7 N–H and O–H groups in total. The second kappa shape index (κ2) is 11.6. The number of carboxylic acids is 1. The zero-order chi connectivity index (χ0) is 18.7. The number of nitrogens with one attached hydrogen (secondary N) is 2. The van der Waals surface area contributed by atoms with Crippen molar-refractivity contribution in [1.29, 1.82) is 0 Å². The molecule has 0 saturated carbocycles. The van der Waals surface area contributed by atoms with Crippen LogP contribution in [0.5, 0.6) is 0 Å². The van der Waals surface area contributed by atoms with E-state index in [9.17, 15) is 19.2 Å². The van der Waals surface area contributed by atoms with Gasteiger partial charge in [-0.05, 0) is 39.2 Å². The molecule has 0 aliphatic heterocycles. The first-order chi connectivity index (χ1) is 11.2. The Bertz CT molecular complexity index is 449. The van der Waals surface area contributed by atoms with E-state index >= 15 is 0 Å². The molecule has 0 rings (SSSR count). The van der Waals surface area contributed by atoms with Gasteiger partial charge in [0, 0.05) is 6.42 Å². The highest BCUT2D eigenvalue weighted by Gasteiger charge is 2.24. The van der Waals surface area contributed by atoms with Crippen molar-refractivity contribution in [1.82, 2.24) is 10.6 Å². The first-order valence-corrected chi connectivity index (χ1v) is 7.49. The van der Waals surface area contributed by atoms with Gasteiger partial charge >= 0.3 is 5.97 Å². The van der Waals surface area contributed by atoms with Crippen LogP contribution in [0.2, 0.25) is 1.41 Å². The van der Waals surface area contributed by atoms with Crippen LogP contribution in [-0.2, 0) is 19.2 Å². The van der Waals surface area contributed by atoms with Crippen molar-refractivity contribution in [2.24, 2.45) is 11.5 Å². The Morgan fingerprint density at radius 1 is 1.26 bits per heavy atom. The predicted octanol–water partition coefficient (Wildman–Crippen LogP) is -1.50. The van der Waals surface area contributed by atoms with Crippen LogP contribution in [0.1, 0.15) is 39.0 Å². The molecule has 0 saturated heterocycles. The molecule has 2 amide bonds. The Kier molecular flexibility index (Phi) is 9.57. The fourth-order valence-electron chi connectivity index (χ4n) is 1.76. The summed E-state index contributed by atoms with van der Waals surface area (Å²) in [5.74, 6) is -2.48. The molecular formula is C14H26N4O5. The summed E-state index contributed by atoms with van der Waals surface area (Å²) < 4.78 is 7.65. The molecule has 0 fully saturated rings. The summed E-state index contributed by atoms with van der Waals surface area (Å²) in [5.41, 5.74) is 11.0. The normalized spacial score (nSPS) is 15.0. The van der Waals surface area contributed by atoms with E-state index in [0.29, 0.717) is 31.0 Å². The lowest BCUT2D eigenvalue weighted by molar-refractivity contribution is -0.137. The van der Waals surface area contributed by atoms with Crippen LogP contribution in [0.15, 0.2) is 0 Å². The van der Waals surface area contributed by atoms with Crippen molar-refractivity contribution in [3.05, 3.63) is 0 Å². The van der Waals surface area contributed by atoms with E-state index in [1.165, 1.54) is 6.92 Å². The molecule has 0 heterocycles. The highest BCUT2D eigenvalue weighted by atomic mass is 16.4. The standard InChI is InChI=1S/C14H26N4O5/c1-9(8-19)17-14(23)11(4-2-3-7-15)18-13(22)10(16)5-6-12(20)21/h8-11H,2-7,15-16H2,1H3,(H,17,23)(H,18,22)(H,20,21)/t9-,10+,11+/m1/s1/i/hD. The molecule has 132 valence electrons. The van der Waals surface area contributed by atoms with Gasteiger partial charge in [0.2, 0.25) is 11.8 Å². The first kappa shape index (κ1) is 19.0. The lowest BCUT2D eigenvalue weighted by Gasteiger charge is -2.21. The molecule has 0 aliphatic carbocycles. The third-order valence-corrected chi connectivity index (χ3v) is 3.10. The SMILES string of the molecule is [2H]N(C(=O)[C@H](CCCCN)NC(=O)[C@@H](N)CCC(=O)O)[C@H](C)C=O. The Balaban J connectivity index is 4.86. The Labute approximate surface area is 136 Å². The van der Waals surface area contributed by atoms with Gasteiger partial charge in [-0.25, -0.2) is 0 Å². The van der Waals surface area contributed by atoms with E-state index in [1.54, 1.807) is 0 Å². The maximum Gasteiger partial charge on any atom is 0.303 e. The van der Waals surface area contributed by atoms with E-state index in [2.05, 4.69) is 5.32 Å². The summed E-state index contributed by atoms with van der Waals surface area (Å²) >= 11 is 0. The van der Waals surface area contributed by atoms with E-state index in [0.717, 1.165) is 0 Å². The molecule has 0 aromatic heterocycles. The number of unbranched alkanes of at least 4 members (excludes halogenated alkanes) is 1. The van der Waals surface area contributed by atoms with Crippen LogP contribution in [-0.4, -0.2) is 53.8 Å². The fraction of sp³-hybridized carbons (Fsp3) is 0.714. The van der Waals surface area contributed by atoms with E-state index in [4.69, 9.17) is 18.0 Å². The largest absolute Gasteiger partial charge is 0.481 e. The van der Waals surface area contributed by atoms with Crippen molar-refractivity contribution >= 4 is 24.1 Å². The van der Waals surface area contributed by atoms with Crippen LogP contribution >= 0.6 is 0 Å². The molecule has 0 aliphatic rings. The minimum atomic E-state index is -1.08. The summed E-state index contributed by atoms with van der Waals surface area (Å²) in [5, 5.41) is 11.5. The molecule has 0 spiro atoms. The number of nitrogens with two attached hydrogens (primary N) is 2. The summed E-state index contributed by atoms with van der Waals surface area (Å²) in [6.07, 6.45) is 1.52. The van der Waals surface area contributed by atoms with Crippen LogP contribution in [0.3, 0.4) is 0 Å². The lowest BCUT2D eigenvalue weighted by Crippen LogP contribution is -2.53. The number of carboxylic acid groups (broad SMARTS) is 1. The van der Waals surface area contributed by atoms with Crippen molar-refractivity contribution < 1.29 is 25.7 Å². The molecule has 3 atom stereocenters. The van der Waals surface area contributed by atoms with E-state index in [-0.39, 0.29) is 19.3 Å². The number of aliphatic carboxylic acids is 1. The molecular weight excluding hydrogens is 304 g/mol. The maximum absolute atomic E-state index is 12.3. The number of carbonyl (C=O) groups excluding carboxylic acids is 3. The number of amides is 2. The first-order valence-electron chi connectivity index (χ1n) is 7.94. The zero-order valence-electron chi connectivity index (χ0n) is 14.2. The number of carbonyl (C=O) groups is 4. The topological polar surface area (TPSA) is 165 Å². The lowest BCUT2D eigenvalue weighted by atomic mass is 10.1. The Hall–Kier alpha value is -2.00. The fourth-order valence-corrected chi connectivity index (χ4v) is 1.76. The summed E-state index contributed by atoms with van der Waals surface area (Å²) in [4.78, 5) is 45.5. The van der Waals surface area contributed by atoms with Crippen molar-refractivity contribution in [3.63, 3.8) is 0 Å². The molecule has 23 heavy (non-hydrogen) atoms. The Morgan fingerprint density at radius 2 is 1.91 bits per heavy atom. The predicted molar refractivity (Wildman–Crippen MR) is 83.4 cm³/mol. The minimum absolute atomic E-state index is 0.0692. The third kappa shape index (κ3) is 9.59. The summed E-state index contributed by atoms with van der Waals surface area (Å²) in [7, 11) is 0. The highest BCUT2D eigenvalue weighted by molar-refractivity contribution is 5.90. The smallest absolute Gasteiger partial charge is 0.303 e. The van der Waals surface area contributed by atoms with E-state index < -0.39 is 35.9 Å². The van der Waals surface area contributed by atoms with Gasteiger partial charge in [0.15, 0.2) is 1.41 Å². The number of aldehydes is 1. The van der Waals surface area contributed by atoms with Gasteiger partial charge in [-0.2, -0.15) is 0 Å². The van der Waals surface area contributed by atoms with Gasteiger partial charge in [0.25, 0.3) is 0 Å². The van der Waals surface area contributed by atoms with Gasteiger partial charge in [-0.15, -0.1) is 0 Å². The molecule has 0 aromatic rings. The zero-order valence-corrected chi connectivity index (χ0v) is 13.2. The molecule has 9 heteroatoms. The van der Waals surface area contributed by atoms with Gasteiger partial charge in [-0.3, -0.25) is 14.4 Å². The van der Waals surface area contributed by atoms with Crippen LogP contribution in [0.25, 0.3) is 0 Å². The monoisotopic (exact) mass is 331 g/mol. The number of hydrogen-bond acceptors (Lipinski definition) is 6. The molecule has 0 unspecified atom stereocenters. The second-order valence-corrected chi connectivity index (χ2v) is 5.23. The Morgan fingerprint density at radius 3 is 2.43 bits per heavy atom. The molecule has 0 radical (unpaired) electrons. The highest BCUT2D eigenvalue weighted by Crippen LogP contribution is 2.03. The van der Waals surface area contributed by atoms with Gasteiger partial charge in [0.05, 0.1) is 12.1 Å². The average molecular weight is 331 g/mol. The molecule has 0 aromatic carbocycles. The van der Waals surface area contributed by atoms with Gasteiger partial charge in [0.1, 0.15) is 12.3 Å². The van der Waals surface area contributed by atoms with Gasteiger partial charge < -0.3 is 32.0 Å². The maximum atomic E-state index is 12.3. The van der Waals surface area contributed by atoms with Crippen LogP contribution < -0.4 is 22.1 Å². The third-order valence-electron chi connectivity index (χ3n) is 3.10. The number of rotatable bonds is 12. The van der Waals surface area contributed by atoms with Gasteiger partial charge in [-0.1, -0.05) is 0 Å². The average Bonchev–Trinajstić information content (AvgIpc) is 2.56. The minimum Gasteiger partial charge on any atom is -0.481 e. The van der Waals surface area contributed by atoms with Crippen molar-refractivity contribution in [2.45, 2.75) is 57.2 Å². The second-order valence-electron chi connectivity index (χ2n) is 5.23. The van der Waals surface area contributed by atoms with Crippen LogP contribution in [0, 0.1) is 0 Å². The quantitative estimate of drug-likeness (QED) is 0.214. The molecule has 0 bridgehead atoms. The van der Waals surface area contributed by atoms with Crippen LogP contribution in [0.4, 0.5) is 0 Å². The summed E-state index contributed by atoms with van der Waals surface area (Å²) in [6.45, 7) is 1.80. The van der Waals surface area contributed by atoms with Crippen molar-refractivity contribution in [2.75, 3.05) is 6.54 Å².